The smallest absolute Gasteiger partial charge is 0.261 e. The lowest BCUT2D eigenvalue weighted by atomic mass is 10.1. The van der Waals surface area contributed by atoms with Crippen molar-refractivity contribution in [3.05, 3.63) is 35.2 Å². The number of carbonyl (C=O) groups excluding carboxylic acids is 1. The first-order chi connectivity index (χ1) is 11.0. The Bertz CT molecular complexity index is 730. The number of hydrogen-bond acceptors (Lipinski definition) is 5. The first-order valence-corrected chi connectivity index (χ1v) is 8.32. The zero-order valence-electron chi connectivity index (χ0n) is 13.6. The standard InChI is InChI=1S/C17H20N2O3S.ClH/c1-17(2,10-18)19-16(20)15-6-5-14(23-15)11-3-4-12-13(9-11)22-8-7-21-12;/h3-6,9H,7-8,10,18H2,1-2H3,(H,19,20);1H. The van der Waals surface area contributed by atoms with Crippen molar-refractivity contribution in [2.24, 2.45) is 5.73 Å². The molecule has 0 atom stereocenters. The number of benzene rings is 1. The number of halogens is 1. The summed E-state index contributed by atoms with van der Waals surface area (Å²) in [6, 6.07) is 9.61. The average molecular weight is 369 g/mol. The van der Waals surface area contributed by atoms with Gasteiger partial charge in [-0.25, -0.2) is 0 Å². The summed E-state index contributed by atoms with van der Waals surface area (Å²) in [5.41, 5.74) is 6.25. The number of fused-ring (bicyclic) bond motifs is 1. The van der Waals surface area contributed by atoms with Crippen LogP contribution in [-0.4, -0.2) is 31.2 Å². The second-order valence-corrected chi connectivity index (χ2v) is 7.15. The van der Waals surface area contributed by atoms with E-state index in [1.54, 1.807) is 0 Å². The number of carbonyl (C=O) groups is 1. The highest BCUT2D eigenvalue weighted by Gasteiger charge is 2.21. The third kappa shape index (κ3) is 4.01. The molecule has 24 heavy (non-hydrogen) atoms. The summed E-state index contributed by atoms with van der Waals surface area (Å²) in [6.07, 6.45) is 0. The predicted molar refractivity (Wildman–Crippen MR) is 98.6 cm³/mol. The summed E-state index contributed by atoms with van der Waals surface area (Å²) in [5, 5.41) is 2.94. The third-order valence-electron chi connectivity index (χ3n) is 3.62. The lowest BCUT2D eigenvalue weighted by Gasteiger charge is -2.23. The first kappa shape index (κ1) is 18.6. The van der Waals surface area contributed by atoms with Crippen LogP contribution < -0.4 is 20.5 Å². The van der Waals surface area contributed by atoms with Crippen molar-refractivity contribution in [1.29, 1.82) is 0 Å². The zero-order chi connectivity index (χ0) is 16.4. The molecule has 2 heterocycles. The Morgan fingerprint density at radius 3 is 2.62 bits per heavy atom. The van der Waals surface area contributed by atoms with Crippen molar-refractivity contribution in [2.45, 2.75) is 19.4 Å². The monoisotopic (exact) mass is 368 g/mol. The fraction of sp³-hybridized carbons (Fsp3) is 0.353. The minimum Gasteiger partial charge on any atom is -0.486 e. The molecule has 1 amide bonds. The summed E-state index contributed by atoms with van der Waals surface area (Å²) in [7, 11) is 0. The summed E-state index contributed by atoms with van der Waals surface area (Å²) < 4.78 is 11.1. The van der Waals surface area contributed by atoms with Crippen LogP contribution in [0.15, 0.2) is 30.3 Å². The van der Waals surface area contributed by atoms with Crippen molar-refractivity contribution in [1.82, 2.24) is 5.32 Å². The van der Waals surface area contributed by atoms with Gasteiger partial charge >= 0.3 is 0 Å². The van der Waals surface area contributed by atoms with Crippen LogP contribution in [0.3, 0.4) is 0 Å². The van der Waals surface area contributed by atoms with Gasteiger partial charge in [-0.15, -0.1) is 23.7 Å². The Hall–Kier alpha value is -1.76. The van der Waals surface area contributed by atoms with Gasteiger partial charge in [0.25, 0.3) is 5.91 Å². The van der Waals surface area contributed by atoms with Crippen molar-refractivity contribution >= 4 is 29.7 Å². The van der Waals surface area contributed by atoms with E-state index in [1.807, 2.05) is 44.2 Å². The van der Waals surface area contributed by atoms with E-state index in [2.05, 4.69) is 5.32 Å². The van der Waals surface area contributed by atoms with Gasteiger partial charge in [-0.05, 0) is 49.7 Å². The fourth-order valence-electron chi connectivity index (χ4n) is 2.23. The highest BCUT2D eigenvalue weighted by Crippen LogP contribution is 2.36. The van der Waals surface area contributed by atoms with E-state index in [9.17, 15) is 4.79 Å². The second-order valence-electron chi connectivity index (χ2n) is 6.06. The van der Waals surface area contributed by atoms with Gasteiger partial charge in [-0.1, -0.05) is 0 Å². The Morgan fingerprint density at radius 2 is 1.92 bits per heavy atom. The molecule has 3 rings (SSSR count). The van der Waals surface area contributed by atoms with Crippen LogP contribution in [0.1, 0.15) is 23.5 Å². The number of hydrogen-bond donors (Lipinski definition) is 2. The summed E-state index contributed by atoms with van der Waals surface area (Å²) in [4.78, 5) is 14.0. The molecule has 0 saturated heterocycles. The summed E-state index contributed by atoms with van der Waals surface area (Å²) >= 11 is 1.45. The number of amides is 1. The van der Waals surface area contributed by atoms with Gasteiger partial charge in [-0.2, -0.15) is 0 Å². The molecule has 1 aromatic heterocycles. The highest BCUT2D eigenvalue weighted by atomic mass is 35.5. The largest absolute Gasteiger partial charge is 0.486 e. The number of thiophene rings is 1. The molecule has 0 unspecified atom stereocenters. The second kappa shape index (κ2) is 7.42. The quantitative estimate of drug-likeness (QED) is 0.869. The van der Waals surface area contributed by atoms with Crippen LogP contribution in [0.4, 0.5) is 0 Å². The van der Waals surface area contributed by atoms with E-state index in [-0.39, 0.29) is 18.3 Å². The van der Waals surface area contributed by atoms with E-state index >= 15 is 0 Å². The zero-order valence-corrected chi connectivity index (χ0v) is 15.3. The van der Waals surface area contributed by atoms with Crippen LogP contribution in [-0.2, 0) is 0 Å². The Balaban J connectivity index is 0.00000208. The minimum absolute atomic E-state index is 0. The molecule has 3 N–H and O–H groups in total. The minimum atomic E-state index is -0.418. The van der Waals surface area contributed by atoms with Gasteiger partial charge in [0.1, 0.15) is 13.2 Å². The van der Waals surface area contributed by atoms with Crippen LogP contribution in [0, 0.1) is 0 Å². The fourth-order valence-corrected chi connectivity index (χ4v) is 3.13. The van der Waals surface area contributed by atoms with E-state index < -0.39 is 5.54 Å². The third-order valence-corrected chi connectivity index (χ3v) is 4.75. The molecule has 0 saturated carbocycles. The van der Waals surface area contributed by atoms with Crippen molar-refractivity contribution < 1.29 is 14.3 Å². The van der Waals surface area contributed by atoms with Crippen LogP contribution in [0.5, 0.6) is 11.5 Å². The van der Waals surface area contributed by atoms with Crippen molar-refractivity contribution in [2.75, 3.05) is 19.8 Å². The van der Waals surface area contributed by atoms with Gasteiger partial charge in [0, 0.05) is 17.0 Å². The molecule has 7 heteroatoms. The van der Waals surface area contributed by atoms with Crippen LogP contribution in [0.25, 0.3) is 10.4 Å². The lowest BCUT2D eigenvalue weighted by Crippen LogP contribution is -2.48. The van der Waals surface area contributed by atoms with E-state index in [0.29, 0.717) is 24.6 Å². The number of nitrogens with one attached hydrogen (secondary N) is 1. The molecule has 0 fully saturated rings. The lowest BCUT2D eigenvalue weighted by molar-refractivity contribution is 0.0920. The maximum atomic E-state index is 12.3. The average Bonchev–Trinajstić information content (AvgIpc) is 3.04. The molecule has 0 radical (unpaired) electrons. The van der Waals surface area contributed by atoms with Crippen molar-refractivity contribution in [3.63, 3.8) is 0 Å². The Labute approximate surface area is 151 Å². The summed E-state index contributed by atoms with van der Waals surface area (Å²) in [5.74, 6) is 1.41. The predicted octanol–water partition coefficient (Wildman–Crippen LogP) is 3.08. The van der Waals surface area contributed by atoms with Gasteiger partial charge in [0.15, 0.2) is 11.5 Å². The van der Waals surface area contributed by atoms with E-state index in [1.165, 1.54) is 11.3 Å². The molecule has 1 aliphatic rings. The molecule has 0 aliphatic carbocycles. The van der Waals surface area contributed by atoms with Crippen LogP contribution >= 0.6 is 23.7 Å². The van der Waals surface area contributed by atoms with E-state index in [4.69, 9.17) is 15.2 Å². The van der Waals surface area contributed by atoms with Gasteiger partial charge in [-0.3, -0.25) is 4.79 Å². The van der Waals surface area contributed by atoms with Gasteiger partial charge < -0.3 is 20.5 Å². The maximum absolute atomic E-state index is 12.3. The van der Waals surface area contributed by atoms with E-state index in [0.717, 1.165) is 21.9 Å². The first-order valence-electron chi connectivity index (χ1n) is 7.51. The molecule has 130 valence electrons. The van der Waals surface area contributed by atoms with Crippen molar-refractivity contribution in [3.8, 4) is 21.9 Å². The molecular weight excluding hydrogens is 348 g/mol. The Morgan fingerprint density at radius 1 is 1.21 bits per heavy atom. The number of nitrogens with two attached hydrogens (primary N) is 1. The molecule has 1 aromatic carbocycles. The molecule has 5 nitrogen and oxygen atoms in total. The maximum Gasteiger partial charge on any atom is 0.261 e. The van der Waals surface area contributed by atoms with Crippen LogP contribution in [0.2, 0.25) is 0 Å². The molecule has 2 aromatic rings. The topological polar surface area (TPSA) is 73.6 Å². The summed E-state index contributed by atoms with van der Waals surface area (Å²) in [6.45, 7) is 5.33. The Kier molecular flexibility index (Phi) is 5.74. The number of rotatable bonds is 4. The van der Waals surface area contributed by atoms with Gasteiger partial charge in [0.05, 0.1) is 4.88 Å². The number of ether oxygens (including phenoxy) is 2. The SMILES string of the molecule is CC(C)(CN)NC(=O)c1ccc(-c2ccc3c(c2)OCCO3)s1.Cl. The van der Waals surface area contributed by atoms with Gasteiger partial charge in [0.2, 0.25) is 0 Å². The normalized spacial score (nSPS) is 13.1. The highest BCUT2D eigenvalue weighted by molar-refractivity contribution is 7.17. The molecule has 0 spiro atoms. The molecule has 1 aliphatic heterocycles. The molecule has 0 bridgehead atoms. The molecular formula is C17H21ClN2O3S.